The summed E-state index contributed by atoms with van der Waals surface area (Å²) in [6, 6.07) is 12.5. The van der Waals surface area contributed by atoms with E-state index >= 15 is 0 Å². The van der Waals surface area contributed by atoms with Gasteiger partial charge in [-0.3, -0.25) is 0 Å². The maximum absolute atomic E-state index is 9.68. The Morgan fingerprint density at radius 2 is 1.80 bits per heavy atom. The van der Waals surface area contributed by atoms with Gasteiger partial charge in [0, 0.05) is 6.54 Å². The second kappa shape index (κ2) is 6.82. The fourth-order valence-electron chi connectivity index (χ4n) is 2.07. The number of phenolic OH excluding ortho intramolecular Hbond substituents is 2. The molecule has 20 heavy (non-hydrogen) atoms. The summed E-state index contributed by atoms with van der Waals surface area (Å²) < 4.78 is 5.20. The van der Waals surface area contributed by atoms with Crippen LogP contribution in [-0.2, 0) is 13.0 Å². The van der Waals surface area contributed by atoms with E-state index in [0.717, 1.165) is 30.6 Å². The van der Waals surface area contributed by atoms with Crippen molar-refractivity contribution in [3.8, 4) is 17.2 Å². The zero-order chi connectivity index (χ0) is 14.4. The summed E-state index contributed by atoms with van der Waals surface area (Å²) in [5.41, 5.74) is 2.09. The first-order chi connectivity index (χ1) is 9.70. The van der Waals surface area contributed by atoms with E-state index in [2.05, 4.69) is 5.32 Å². The number of nitrogens with one attached hydrogen (secondary N) is 1. The van der Waals surface area contributed by atoms with Crippen molar-refractivity contribution in [3.63, 3.8) is 0 Å². The first kappa shape index (κ1) is 14.2. The van der Waals surface area contributed by atoms with Crippen LogP contribution in [0.3, 0.4) is 0 Å². The number of hydrogen-bond acceptors (Lipinski definition) is 4. The molecule has 4 heteroatoms. The van der Waals surface area contributed by atoms with E-state index in [4.69, 9.17) is 4.74 Å². The van der Waals surface area contributed by atoms with Gasteiger partial charge in [-0.1, -0.05) is 24.3 Å². The summed E-state index contributed by atoms with van der Waals surface area (Å²) >= 11 is 0. The quantitative estimate of drug-likeness (QED) is 0.707. The van der Waals surface area contributed by atoms with Gasteiger partial charge in [-0.05, 0) is 42.3 Å². The van der Waals surface area contributed by atoms with Crippen molar-refractivity contribution in [1.29, 1.82) is 0 Å². The lowest BCUT2D eigenvalue weighted by Gasteiger charge is -2.10. The Labute approximate surface area is 118 Å². The molecule has 2 rings (SSSR count). The van der Waals surface area contributed by atoms with Crippen molar-refractivity contribution in [2.45, 2.75) is 13.0 Å². The average molecular weight is 273 g/mol. The Bertz CT molecular complexity index is 552. The molecule has 3 N–H and O–H groups in total. The monoisotopic (exact) mass is 273 g/mol. The third-order valence-electron chi connectivity index (χ3n) is 3.12. The van der Waals surface area contributed by atoms with Crippen molar-refractivity contribution in [3.05, 3.63) is 53.6 Å². The smallest absolute Gasteiger partial charge is 0.163 e. The number of hydrogen-bond donors (Lipinski definition) is 3. The summed E-state index contributed by atoms with van der Waals surface area (Å²) in [5, 5.41) is 22.2. The minimum Gasteiger partial charge on any atom is -0.508 e. The topological polar surface area (TPSA) is 61.7 Å². The van der Waals surface area contributed by atoms with Crippen molar-refractivity contribution < 1.29 is 14.9 Å². The maximum atomic E-state index is 9.68. The van der Waals surface area contributed by atoms with Crippen LogP contribution in [-0.4, -0.2) is 23.9 Å². The highest BCUT2D eigenvalue weighted by Gasteiger charge is 2.07. The van der Waals surface area contributed by atoms with Gasteiger partial charge in [-0.25, -0.2) is 0 Å². The van der Waals surface area contributed by atoms with E-state index < -0.39 is 0 Å². The molecule has 0 amide bonds. The van der Waals surface area contributed by atoms with Gasteiger partial charge in [0.25, 0.3) is 0 Å². The van der Waals surface area contributed by atoms with E-state index in [1.807, 2.05) is 24.3 Å². The summed E-state index contributed by atoms with van der Waals surface area (Å²) in [4.78, 5) is 0. The van der Waals surface area contributed by atoms with Gasteiger partial charge in [0.15, 0.2) is 11.5 Å². The van der Waals surface area contributed by atoms with E-state index in [0.29, 0.717) is 5.75 Å². The highest BCUT2D eigenvalue weighted by atomic mass is 16.5. The lowest BCUT2D eigenvalue weighted by Crippen LogP contribution is -2.16. The molecule has 0 heterocycles. The molecule has 0 aromatic heterocycles. The van der Waals surface area contributed by atoms with E-state index in [1.165, 1.54) is 0 Å². The Kier molecular flexibility index (Phi) is 4.85. The minimum atomic E-state index is 0.170. The zero-order valence-electron chi connectivity index (χ0n) is 11.5. The van der Waals surface area contributed by atoms with Gasteiger partial charge in [0.2, 0.25) is 0 Å². The molecule has 0 unspecified atom stereocenters. The largest absolute Gasteiger partial charge is 0.508 e. The lowest BCUT2D eigenvalue weighted by atomic mass is 10.1. The van der Waals surface area contributed by atoms with Gasteiger partial charge in [-0.2, -0.15) is 0 Å². The molecular weight excluding hydrogens is 254 g/mol. The SMILES string of the molecule is COc1c(O)cccc1CCNCc1ccc(O)cc1. The van der Waals surface area contributed by atoms with Crippen molar-refractivity contribution in [1.82, 2.24) is 5.32 Å². The number of ether oxygens (including phenoxy) is 1. The highest BCUT2D eigenvalue weighted by Crippen LogP contribution is 2.29. The van der Waals surface area contributed by atoms with Crippen LogP contribution in [0, 0.1) is 0 Å². The fraction of sp³-hybridized carbons (Fsp3) is 0.250. The van der Waals surface area contributed by atoms with Crippen LogP contribution in [0.15, 0.2) is 42.5 Å². The molecule has 2 aromatic carbocycles. The molecule has 0 fully saturated rings. The normalized spacial score (nSPS) is 10.4. The van der Waals surface area contributed by atoms with Gasteiger partial charge in [0.05, 0.1) is 7.11 Å². The van der Waals surface area contributed by atoms with Crippen LogP contribution >= 0.6 is 0 Å². The van der Waals surface area contributed by atoms with E-state index in [-0.39, 0.29) is 11.5 Å². The van der Waals surface area contributed by atoms with Crippen LogP contribution in [0.4, 0.5) is 0 Å². The van der Waals surface area contributed by atoms with Crippen LogP contribution in [0.2, 0.25) is 0 Å². The summed E-state index contributed by atoms with van der Waals surface area (Å²) in [5.74, 6) is 0.987. The second-order valence-corrected chi connectivity index (χ2v) is 4.56. The Morgan fingerprint density at radius 1 is 1.05 bits per heavy atom. The lowest BCUT2D eigenvalue weighted by molar-refractivity contribution is 0.369. The van der Waals surface area contributed by atoms with Crippen molar-refractivity contribution in [2.24, 2.45) is 0 Å². The fourth-order valence-corrected chi connectivity index (χ4v) is 2.07. The number of benzene rings is 2. The predicted octanol–water partition coefficient (Wildman–Crippen LogP) is 2.44. The Hall–Kier alpha value is -2.20. The first-order valence-electron chi connectivity index (χ1n) is 6.54. The molecule has 0 saturated heterocycles. The van der Waals surface area contributed by atoms with Crippen LogP contribution in [0.25, 0.3) is 0 Å². The molecule has 0 bridgehead atoms. The molecule has 0 atom stereocenters. The molecule has 0 saturated carbocycles. The van der Waals surface area contributed by atoms with Gasteiger partial charge in [0.1, 0.15) is 5.75 Å². The van der Waals surface area contributed by atoms with Gasteiger partial charge >= 0.3 is 0 Å². The molecule has 106 valence electrons. The summed E-state index contributed by atoms with van der Waals surface area (Å²) in [6.45, 7) is 1.52. The third kappa shape index (κ3) is 3.65. The third-order valence-corrected chi connectivity index (χ3v) is 3.12. The van der Waals surface area contributed by atoms with Crippen LogP contribution < -0.4 is 10.1 Å². The molecule has 0 aliphatic heterocycles. The number of phenols is 2. The van der Waals surface area contributed by atoms with Crippen LogP contribution in [0.1, 0.15) is 11.1 Å². The molecular formula is C16H19NO3. The van der Waals surface area contributed by atoms with Crippen LogP contribution in [0.5, 0.6) is 17.2 Å². The first-order valence-corrected chi connectivity index (χ1v) is 6.54. The molecule has 0 spiro atoms. The second-order valence-electron chi connectivity index (χ2n) is 4.56. The molecule has 0 radical (unpaired) electrons. The average Bonchev–Trinajstić information content (AvgIpc) is 2.45. The summed E-state index contributed by atoms with van der Waals surface area (Å²) in [6.07, 6.45) is 0.773. The standard InChI is InChI=1S/C16H19NO3/c1-20-16-13(3-2-4-15(16)19)9-10-17-11-12-5-7-14(18)8-6-12/h2-8,17-19H,9-11H2,1H3. The number of aromatic hydroxyl groups is 2. The predicted molar refractivity (Wildman–Crippen MR) is 78.2 cm³/mol. The number of para-hydroxylation sites is 1. The Morgan fingerprint density at radius 3 is 2.50 bits per heavy atom. The van der Waals surface area contributed by atoms with Gasteiger partial charge in [-0.15, -0.1) is 0 Å². The van der Waals surface area contributed by atoms with E-state index in [1.54, 1.807) is 25.3 Å². The van der Waals surface area contributed by atoms with Crippen molar-refractivity contribution in [2.75, 3.05) is 13.7 Å². The molecule has 4 nitrogen and oxygen atoms in total. The maximum Gasteiger partial charge on any atom is 0.163 e. The minimum absolute atomic E-state index is 0.170. The Balaban J connectivity index is 1.84. The number of methoxy groups -OCH3 is 1. The van der Waals surface area contributed by atoms with Gasteiger partial charge < -0.3 is 20.3 Å². The van der Waals surface area contributed by atoms with Crippen molar-refractivity contribution >= 4 is 0 Å². The summed E-state index contributed by atoms with van der Waals surface area (Å²) in [7, 11) is 1.56. The molecule has 0 aliphatic carbocycles. The number of rotatable bonds is 6. The highest BCUT2D eigenvalue weighted by molar-refractivity contribution is 5.45. The van der Waals surface area contributed by atoms with E-state index in [9.17, 15) is 10.2 Å². The zero-order valence-corrected chi connectivity index (χ0v) is 11.5. The molecule has 0 aliphatic rings. The molecule has 2 aromatic rings.